The molecule has 0 fully saturated rings. The van der Waals surface area contributed by atoms with Gasteiger partial charge in [0.25, 0.3) is 10.0 Å². The number of halogens is 1. The van der Waals surface area contributed by atoms with Crippen molar-refractivity contribution in [3.63, 3.8) is 0 Å². The van der Waals surface area contributed by atoms with Crippen molar-refractivity contribution in [3.05, 3.63) is 40.4 Å². The molecule has 0 unspecified atom stereocenters. The summed E-state index contributed by atoms with van der Waals surface area (Å²) in [7, 11) is -8.09. The third-order valence-corrected chi connectivity index (χ3v) is 8.89. The minimum absolute atomic E-state index is 0.0364. The molecule has 0 radical (unpaired) electrons. The highest BCUT2D eigenvalue weighted by Gasteiger charge is 2.24. The van der Waals surface area contributed by atoms with Crippen LogP contribution in [0.2, 0.25) is 5.02 Å². The molecule has 1 aromatic carbocycles. The van der Waals surface area contributed by atoms with Crippen LogP contribution in [0.4, 0.5) is 0 Å². The molecule has 0 aliphatic carbocycles. The molecule has 1 heterocycles. The van der Waals surface area contributed by atoms with Gasteiger partial charge in [-0.15, -0.1) is 11.3 Å². The molecule has 1 atom stereocenters. The van der Waals surface area contributed by atoms with Crippen LogP contribution < -0.4 is 19.9 Å². The lowest BCUT2D eigenvalue weighted by Gasteiger charge is -2.14. The molecule has 0 aliphatic heterocycles. The number of hydrogen-bond donors (Lipinski definition) is 4. The van der Waals surface area contributed by atoms with Crippen molar-refractivity contribution >= 4 is 43.0 Å². The Bertz CT molecular complexity index is 1170. The highest BCUT2D eigenvalue weighted by Crippen LogP contribution is 2.33. The van der Waals surface area contributed by atoms with Crippen molar-refractivity contribution in [2.24, 2.45) is 5.14 Å². The van der Waals surface area contributed by atoms with E-state index in [0.717, 1.165) is 11.6 Å². The number of aryl methyl sites for hydroxylation is 1. The number of nitrogens with zero attached hydrogens (tertiary/aromatic N) is 1. The minimum atomic E-state index is -4.06. The smallest absolute Gasteiger partial charge is 0.251 e. The summed E-state index contributed by atoms with van der Waals surface area (Å²) in [4.78, 5) is 0. The molecule has 0 saturated heterocycles. The minimum Gasteiger partial charge on any atom is -0.489 e. The van der Waals surface area contributed by atoms with Crippen LogP contribution in [-0.4, -0.2) is 54.3 Å². The van der Waals surface area contributed by atoms with Gasteiger partial charge in [0.15, 0.2) is 4.21 Å². The molecule has 0 spiro atoms. The Labute approximate surface area is 189 Å². The molecule has 170 valence electrons. The average Bonchev–Trinajstić information content (AvgIpc) is 3.09. The molecule has 10 nitrogen and oxygen atoms in total. The van der Waals surface area contributed by atoms with Gasteiger partial charge in [-0.1, -0.05) is 17.7 Å². The molecule has 0 saturated carbocycles. The summed E-state index contributed by atoms with van der Waals surface area (Å²) in [6.45, 7) is 2.05. The third-order valence-electron chi connectivity index (χ3n) is 3.82. The molecule has 31 heavy (non-hydrogen) atoms. The monoisotopic (exact) mass is 508 g/mol. The number of sulfonamides is 2. The molecule has 5 N–H and O–H groups in total. The zero-order valence-electron chi connectivity index (χ0n) is 16.3. The number of aliphatic hydroxyl groups is 1. The Hall–Kier alpha value is -1.76. The summed E-state index contributed by atoms with van der Waals surface area (Å²) in [6.07, 6.45) is -0.896. The number of rotatable bonds is 11. The van der Waals surface area contributed by atoms with E-state index in [9.17, 15) is 21.9 Å². The summed E-state index contributed by atoms with van der Waals surface area (Å²) in [5, 5.41) is 26.7. The van der Waals surface area contributed by atoms with Crippen molar-refractivity contribution in [1.82, 2.24) is 10.0 Å². The van der Waals surface area contributed by atoms with Crippen LogP contribution >= 0.6 is 22.9 Å². The maximum absolute atomic E-state index is 12.3. The SMILES string of the molecule is Cc1ccc(C#N)c(OC[C@@H](O)CNCCNS(=O)(=O)c2sc(S(N)(=O)=O)cc2Cl)c1. The van der Waals surface area contributed by atoms with Crippen molar-refractivity contribution < 1.29 is 26.7 Å². The first-order valence-corrected chi connectivity index (χ1v) is 13.0. The van der Waals surface area contributed by atoms with Gasteiger partial charge >= 0.3 is 0 Å². The number of hydrogen-bond acceptors (Lipinski definition) is 9. The van der Waals surface area contributed by atoms with E-state index in [1.807, 2.05) is 13.0 Å². The second-order valence-corrected chi connectivity index (χ2v) is 11.6. The van der Waals surface area contributed by atoms with Crippen molar-refractivity contribution in [2.75, 3.05) is 26.2 Å². The van der Waals surface area contributed by atoms with E-state index >= 15 is 0 Å². The van der Waals surface area contributed by atoms with Crippen LogP contribution in [0.3, 0.4) is 0 Å². The van der Waals surface area contributed by atoms with Gasteiger partial charge in [0.05, 0.1) is 10.6 Å². The van der Waals surface area contributed by atoms with Crippen molar-refractivity contribution in [3.8, 4) is 11.8 Å². The topological polar surface area (TPSA) is 172 Å². The molecule has 2 aromatic rings. The largest absolute Gasteiger partial charge is 0.489 e. The maximum Gasteiger partial charge on any atom is 0.251 e. The second kappa shape index (κ2) is 10.7. The third kappa shape index (κ3) is 7.41. The molecule has 1 aromatic heterocycles. The lowest BCUT2D eigenvalue weighted by atomic mass is 10.1. The lowest BCUT2D eigenvalue weighted by molar-refractivity contribution is 0.106. The van der Waals surface area contributed by atoms with Gasteiger partial charge in [-0.3, -0.25) is 0 Å². The van der Waals surface area contributed by atoms with E-state index in [0.29, 0.717) is 22.6 Å². The highest BCUT2D eigenvalue weighted by atomic mass is 35.5. The number of thiophene rings is 1. The summed E-state index contributed by atoms with van der Waals surface area (Å²) in [5.41, 5.74) is 1.27. The Balaban J connectivity index is 1.78. The van der Waals surface area contributed by atoms with Gasteiger partial charge in [0, 0.05) is 19.6 Å². The molecule has 0 aliphatic rings. The van der Waals surface area contributed by atoms with Gasteiger partial charge in [0.2, 0.25) is 10.0 Å². The van der Waals surface area contributed by atoms with Crippen LogP contribution in [0, 0.1) is 18.3 Å². The fourth-order valence-electron chi connectivity index (χ4n) is 2.35. The van der Waals surface area contributed by atoms with E-state index in [2.05, 4.69) is 10.0 Å². The molecule has 14 heteroatoms. The molecule has 0 bridgehead atoms. The predicted molar refractivity (Wildman–Crippen MR) is 116 cm³/mol. The number of nitrogens with two attached hydrogens (primary N) is 1. The van der Waals surface area contributed by atoms with Crippen molar-refractivity contribution in [2.45, 2.75) is 21.4 Å². The first-order valence-electron chi connectivity index (χ1n) is 8.78. The van der Waals surface area contributed by atoms with Crippen LogP contribution in [0.25, 0.3) is 0 Å². The summed E-state index contributed by atoms with van der Waals surface area (Å²) in [5.74, 6) is 0.376. The molecule has 2 rings (SSSR count). The van der Waals surface area contributed by atoms with Gasteiger partial charge in [-0.2, -0.15) is 5.26 Å². The van der Waals surface area contributed by atoms with Crippen LogP contribution in [-0.2, 0) is 20.0 Å². The van der Waals surface area contributed by atoms with E-state index in [-0.39, 0.29) is 39.7 Å². The molecular formula is C17H21ClN4O6S3. The Morgan fingerprint density at radius 3 is 2.61 bits per heavy atom. The fraction of sp³-hybridized carbons (Fsp3) is 0.353. The molecule has 0 amide bonds. The normalized spacial score (nSPS) is 13.0. The Kier molecular flexibility index (Phi) is 8.81. The van der Waals surface area contributed by atoms with E-state index < -0.39 is 26.2 Å². The summed E-state index contributed by atoms with van der Waals surface area (Å²) in [6, 6.07) is 8.11. The van der Waals surface area contributed by atoms with Crippen molar-refractivity contribution in [1.29, 1.82) is 5.26 Å². The van der Waals surface area contributed by atoms with Gasteiger partial charge in [0.1, 0.15) is 28.7 Å². The summed E-state index contributed by atoms with van der Waals surface area (Å²) >= 11 is 6.28. The van der Waals surface area contributed by atoms with Gasteiger partial charge in [-0.05, 0) is 30.7 Å². The average molecular weight is 509 g/mol. The Morgan fingerprint density at radius 1 is 1.29 bits per heavy atom. The first kappa shape index (κ1) is 25.5. The zero-order valence-corrected chi connectivity index (χ0v) is 19.5. The number of ether oxygens (including phenoxy) is 1. The number of aliphatic hydroxyl groups excluding tert-OH is 1. The van der Waals surface area contributed by atoms with Gasteiger partial charge in [-0.25, -0.2) is 26.7 Å². The number of benzene rings is 1. The standard InChI is InChI=1S/C17H21ClN4O6S3/c1-11-2-3-12(8-19)15(6-11)28-10-13(23)9-21-4-5-22-31(26,27)17-14(18)7-16(29-17)30(20,24)25/h2-3,6-7,13,21-23H,4-5,9-10H2,1H3,(H2,20,24,25)/t13-/m0/s1. The Morgan fingerprint density at radius 2 is 2.00 bits per heavy atom. The van der Waals surface area contributed by atoms with E-state index in [1.165, 1.54) is 0 Å². The van der Waals surface area contributed by atoms with Crippen LogP contribution in [0.1, 0.15) is 11.1 Å². The number of nitriles is 1. The highest BCUT2D eigenvalue weighted by molar-refractivity contribution is 7.94. The zero-order chi connectivity index (χ0) is 23.2. The lowest BCUT2D eigenvalue weighted by Crippen LogP contribution is -2.37. The quantitative estimate of drug-likeness (QED) is 0.318. The van der Waals surface area contributed by atoms with Crippen LogP contribution in [0.5, 0.6) is 5.75 Å². The second-order valence-electron chi connectivity index (χ2n) is 6.42. The number of primary sulfonamides is 1. The van der Waals surface area contributed by atoms with Crippen LogP contribution in [0.15, 0.2) is 32.7 Å². The maximum atomic E-state index is 12.3. The molecular weight excluding hydrogens is 488 g/mol. The predicted octanol–water partition coefficient (Wildman–Crippen LogP) is 0.537. The van der Waals surface area contributed by atoms with E-state index in [4.69, 9.17) is 26.7 Å². The number of nitrogens with one attached hydrogen (secondary N) is 2. The van der Waals surface area contributed by atoms with Gasteiger partial charge < -0.3 is 15.2 Å². The summed E-state index contributed by atoms with van der Waals surface area (Å²) < 4.78 is 54.3. The van der Waals surface area contributed by atoms with E-state index in [1.54, 1.807) is 18.2 Å². The fourth-order valence-corrected chi connectivity index (χ4v) is 6.38. The first-order chi connectivity index (χ1) is 14.4.